The third-order valence-electron chi connectivity index (χ3n) is 1.86. The average Bonchev–Trinajstić information content (AvgIpc) is 2.32. The lowest BCUT2D eigenvalue weighted by Crippen LogP contribution is -2.10. The molecule has 58 valence electrons. The lowest BCUT2D eigenvalue weighted by molar-refractivity contribution is 0.333. The number of nitrogen functional groups attached to an aromatic ring is 1. The van der Waals surface area contributed by atoms with Gasteiger partial charge < -0.3 is 16.2 Å². The molecule has 0 amide bonds. The third-order valence-corrected chi connectivity index (χ3v) is 1.86. The zero-order valence-electron chi connectivity index (χ0n) is 6.08. The van der Waals surface area contributed by atoms with Crippen LogP contribution in [0.25, 0.3) is 0 Å². The Morgan fingerprint density at radius 1 is 1.45 bits per heavy atom. The zero-order chi connectivity index (χ0) is 7.84. The van der Waals surface area contributed by atoms with Gasteiger partial charge >= 0.3 is 0 Å². The highest BCUT2D eigenvalue weighted by atomic mass is 16.5. The molecular formula is C8H10N2O. The summed E-state index contributed by atoms with van der Waals surface area (Å²) in [5.74, 6) is 0.831. The van der Waals surface area contributed by atoms with Crippen molar-refractivity contribution in [3.8, 4) is 5.75 Å². The topological polar surface area (TPSA) is 61.3 Å². The molecular weight excluding hydrogens is 140 g/mol. The standard InChI is InChI=1S/C8H10N2O/c9-5-1-2-6-7(10)4-11-8(6)3-5/h1-3,7H,4,9-10H2/t7-/m0/s1. The SMILES string of the molecule is Nc1ccc2c(c1)OC[C@@H]2N. The van der Waals surface area contributed by atoms with Crippen LogP contribution in [0.15, 0.2) is 18.2 Å². The normalized spacial score (nSPS) is 21.0. The van der Waals surface area contributed by atoms with Crippen LogP contribution in [0.5, 0.6) is 5.75 Å². The molecule has 1 aliphatic rings. The summed E-state index contributed by atoms with van der Waals surface area (Å²) in [6, 6.07) is 5.59. The third kappa shape index (κ3) is 0.935. The van der Waals surface area contributed by atoms with Crippen molar-refractivity contribution in [1.29, 1.82) is 0 Å². The fourth-order valence-electron chi connectivity index (χ4n) is 1.25. The van der Waals surface area contributed by atoms with Crippen molar-refractivity contribution in [2.45, 2.75) is 6.04 Å². The van der Waals surface area contributed by atoms with Gasteiger partial charge in [0, 0.05) is 17.3 Å². The minimum Gasteiger partial charge on any atom is -0.491 e. The molecule has 2 rings (SSSR count). The van der Waals surface area contributed by atoms with Gasteiger partial charge in [-0.1, -0.05) is 6.07 Å². The van der Waals surface area contributed by atoms with Gasteiger partial charge in [0.15, 0.2) is 0 Å². The molecule has 0 aromatic heterocycles. The van der Waals surface area contributed by atoms with Gasteiger partial charge in [-0.15, -0.1) is 0 Å². The first-order valence-electron chi connectivity index (χ1n) is 3.55. The van der Waals surface area contributed by atoms with Gasteiger partial charge in [0.1, 0.15) is 12.4 Å². The maximum atomic E-state index is 5.73. The van der Waals surface area contributed by atoms with Crippen molar-refractivity contribution in [3.05, 3.63) is 23.8 Å². The maximum absolute atomic E-state index is 5.73. The molecule has 0 radical (unpaired) electrons. The number of ether oxygens (including phenoxy) is 1. The van der Waals surface area contributed by atoms with Gasteiger partial charge in [0.25, 0.3) is 0 Å². The quantitative estimate of drug-likeness (QED) is 0.534. The first kappa shape index (κ1) is 6.49. The van der Waals surface area contributed by atoms with Gasteiger partial charge in [-0.3, -0.25) is 0 Å². The van der Waals surface area contributed by atoms with Gasteiger partial charge in [0.2, 0.25) is 0 Å². The average molecular weight is 150 g/mol. The monoisotopic (exact) mass is 150 g/mol. The Labute approximate surface area is 64.9 Å². The van der Waals surface area contributed by atoms with E-state index in [1.807, 2.05) is 18.2 Å². The number of benzene rings is 1. The Balaban J connectivity index is 2.50. The van der Waals surface area contributed by atoms with Crippen LogP contribution in [0.4, 0.5) is 5.69 Å². The van der Waals surface area contributed by atoms with E-state index in [1.165, 1.54) is 0 Å². The zero-order valence-corrected chi connectivity index (χ0v) is 6.08. The van der Waals surface area contributed by atoms with E-state index in [2.05, 4.69) is 0 Å². The van der Waals surface area contributed by atoms with E-state index in [1.54, 1.807) is 0 Å². The maximum Gasteiger partial charge on any atom is 0.126 e. The summed E-state index contributed by atoms with van der Waals surface area (Å²) < 4.78 is 5.29. The summed E-state index contributed by atoms with van der Waals surface area (Å²) in [5.41, 5.74) is 13.1. The van der Waals surface area contributed by atoms with E-state index >= 15 is 0 Å². The number of hydrogen-bond acceptors (Lipinski definition) is 3. The molecule has 3 nitrogen and oxygen atoms in total. The van der Waals surface area contributed by atoms with Crippen LogP contribution < -0.4 is 16.2 Å². The Hall–Kier alpha value is -1.22. The summed E-state index contributed by atoms with van der Waals surface area (Å²) in [6.45, 7) is 0.568. The highest BCUT2D eigenvalue weighted by Crippen LogP contribution is 2.31. The molecule has 0 fully saturated rings. The molecule has 1 aromatic carbocycles. The van der Waals surface area contributed by atoms with Gasteiger partial charge in [-0.05, 0) is 6.07 Å². The highest BCUT2D eigenvalue weighted by molar-refractivity contribution is 5.51. The predicted molar refractivity (Wildman–Crippen MR) is 43.3 cm³/mol. The fourth-order valence-corrected chi connectivity index (χ4v) is 1.25. The van der Waals surface area contributed by atoms with Gasteiger partial charge in [0.05, 0.1) is 6.04 Å². The summed E-state index contributed by atoms with van der Waals surface area (Å²) in [4.78, 5) is 0. The van der Waals surface area contributed by atoms with Crippen LogP contribution in [0.3, 0.4) is 0 Å². The second-order valence-corrected chi connectivity index (χ2v) is 2.71. The van der Waals surface area contributed by atoms with E-state index in [0.29, 0.717) is 6.61 Å². The molecule has 11 heavy (non-hydrogen) atoms. The van der Waals surface area contributed by atoms with Crippen LogP contribution in [-0.4, -0.2) is 6.61 Å². The summed E-state index contributed by atoms with van der Waals surface area (Å²) in [5, 5.41) is 0. The van der Waals surface area contributed by atoms with Crippen molar-refractivity contribution in [2.75, 3.05) is 12.3 Å². The molecule has 0 saturated heterocycles. The van der Waals surface area contributed by atoms with Crippen LogP contribution in [0.2, 0.25) is 0 Å². The van der Waals surface area contributed by atoms with Crippen molar-refractivity contribution in [3.63, 3.8) is 0 Å². The Bertz CT molecular complexity index is 285. The van der Waals surface area contributed by atoms with Crippen molar-refractivity contribution < 1.29 is 4.74 Å². The van der Waals surface area contributed by atoms with Crippen LogP contribution in [0, 0.1) is 0 Å². The van der Waals surface area contributed by atoms with Crippen LogP contribution in [-0.2, 0) is 0 Å². The fraction of sp³-hybridized carbons (Fsp3) is 0.250. The van der Waals surface area contributed by atoms with E-state index in [-0.39, 0.29) is 6.04 Å². The molecule has 0 bridgehead atoms. The second kappa shape index (κ2) is 2.13. The number of rotatable bonds is 0. The molecule has 0 spiro atoms. The highest BCUT2D eigenvalue weighted by Gasteiger charge is 2.19. The number of anilines is 1. The number of hydrogen-bond donors (Lipinski definition) is 2. The summed E-state index contributed by atoms with van der Waals surface area (Å²) in [7, 11) is 0. The molecule has 0 saturated carbocycles. The Morgan fingerprint density at radius 3 is 3.09 bits per heavy atom. The Morgan fingerprint density at radius 2 is 2.27 bits per heavy atom. The minimum absolute atomic E-state index is 0.0191. The smallest absolute Gasteiger partial charge is 0.126 e. The number of fused-ring (bicyclic) bond motifs is 1. The van der Waals surface area contributed by atoms with Crippen molar-refractivity contribution >= 4 is 5.69 Å². The molecule has 1 aliphatic heterocycles. The lowest BCUT2D eigenvalue weighted by atomic mass is 10.1. The summed E-state index contributed by atoms with van der Waals surface area (Å²) >= 11 is 0. The largest absolute Gasteiger partial charge is 0.491 e. The van der Waals surface area contributed by atoms with E-state index in [9.17, 15) is 0 Å². The first-order valence-corrected chi connectivity index (χ1v) is 3.55. The first-order chi connectivity index (χ1) is 5.27. The predicted octanol–water partition coefficient (Wildman–Crippen LogP) is 0.661. The molecule has 1 heterocycles. The number of nitrogens with two attached hydrogens (primary N) is 2. The molecule has 0 aliphatic carbocycles. The second-order valence-electron chi connectivity index (χ2n) is 2.71. The van der Waals surface area contributed by atoms with Crippen LogP contribution >= 0.6 is 0 Å². The molecule has 1 aromatic rings. The van der Waals surface area contributed by atoms with Crippen molar-refractivity contribution in [1.82, 2.24) is 0 Å². The van der Waals surface area contributed by atoms with E-state index < -0.39 is 0 Å². The van der Waals surface area contributed by atoms with E-state index in [0.717, 1.165) is 17.0 Å². The minimum atomic E-state index is 0.0191. The van der Waals surface area contributed by atoms with E-state index in [4.69, 9.17) is 16.2 Å². The molecule has 0 unspecified atom stereocenters. The molecule has 1 atom stereocenters. The Kier molecular flexibility index (Phi) is 1.26. The van der Waals surface area contributed by atoms with Crippen LogP contribution in [0.1, 0.15) is 11.6 Å². The molecule has 4 N–H and O–H groups in total. The van der Waals surface area contributed by atoms with Gasteiger partial charge in [-0.2, -0.15) is 0 Å². The molecule has 3 heteroatoms. The van der Waals surface area contributed by atoms with Gasteiger partial charge in [-0.25, -0.2) is 0 Å². The van der Waals surface area contributed by atoms with Crippen molar-refractivity contribution in [2.24, 2.45) is 5.73 Å². The lowest BCUT2D eigenvalue weighted by Gasteiger charge is -1.99. The summed E-state index contributed by atoms with van der Waals surface area (Å²) in [6.07, 6.45) is 0.